The van der Waals surface area contributed by atoms with E-state index in [2.05, 4.69) is 15.3 Å². The molecule has 0 radical (unpaired) electrons. The zero-order valence-electron chi connectivity index (χ0n) is 18.6. The van der Waals surface area contributed by atoms with Crippen LogP contribution in [0.5, 0.6) is 0 Å². The first-order valence-corrected chi connectivity index (χ1v) is 12.7. The molecule has 12 heteroatoms. The summed E-state index contributed by atoms with van der Waals surface area (Å²) in [5, 5.41) is 3.08. The van der Waals surface area contributed by atoms with Crippen LogP contribution in [0.15, 0.2) is 40.4 Å². The van der Waals surface area contributed by atoms with Gasteiger partial charge >= 0.3 is 5.97 Å². The molecule has 1 N–H and O–H groups in total. The molecule has 0 bridgehead atoms. The summed E-state index contributed by atoms with van der Waals surface area (Å²) in [7, 11) is -3.62. The molecular formula is C21H26N4O6S2. The van der Waals surface area contributed by atoms with Gasteiger partial charge in [-0.3, -0.25) is 9.59 Å². The summed E-state index contributed by atoms with van der Waals surface area (Å²) in [4.78, 5) is 33.1. The molecular weight excluding hydrogens is 468 g/mol. The van der Waals surface area contributed by atoms with Crippen LogP contribution in [0.1, 0.15) is 18.3 Å². The Bertz CT molecular complexity index is 1080. The summed E-state index contributed by atoms with van der Waals surface area (Å²) in [5.41, 5.74) is 1.99. The number of esters is 1. The van der Waals surface area contributed by atoms with Gasteiger partial charge in [0.1, 0.15) is 0 Å². The number of nitrogens with one attached hydrogen (secondary N) is 1. The first kappa shape index (κ1) is 25.1. The van der Waals surface area contributed by atoms with E-state index in [0.29, 0.717) is 37.1 Å². The Kier molecular flexibility index (Phi) is 8.40. The zero-order valence-corrected chi connectivity index (χ0v) is 20.2. The van der Waals surface area contributed by atoms with Gasteiger partial charge in [-0.15, -0.1) is 0 Å². The number of anilines is 1. The second-order valence-electron chi connectivity index (χ2n) is 7.38. The van der Waals surface area contributed by atoms with Gasteiger partial charge in [0, 0.05) is 30.2 Å². The van der Waals surface area contributed by atoms with Crippen molar-refractivity contribution in [2.75, 3.05) is 37.4 Å². The maximum Gasteiger partial charge on any atom is 0.317 e. The van der Waals surface area contributed by atoms with Crippen molar-refractivity contribution in [1.29, 1.82) is 0 Å². The summed E-state index contributed by atoms with van der Waals surface area (Å²) in [6.07, 6.45) is -1.03. The number of rotatable bonds is 8. The minimum Gasteiger partial charge on any atom is -0.452 e. The number of aryl methyl sites for hydroxylation is 2. The molecule has 1 unspecified atom stereocenters. The number of hydrogen-bond acceptors (Lipinski definition) is 9. The van der Waals surface area contributed by atoms with E-state index in [4.69, 9.17) is 9.47 Å². The Morgan fingerprint density at radius 3 is 2.36 bits per heavy atom. The molecule has 1 amide bonds. The SMILES string of the molecule is Cc1cc(C)nc(SCC(=O)OC(C)C(=O)Nc2ccc(S(=O)(=O)N3CCOCC3)cc2)n1. The van der Waals surface area contributed by atoms with E-state index in [0.717, 1.165) is 23.1 Å². The second-order valence-corrected chi connectivity index (χ2v) is 10.3. The van der Waals surface area contributed by atoms with Crippen molar-refractivity contribution in [3.63, 3.8) is 0 Å². The van der Waals surface area contributed by atoms with E-state index in [1.807, 2.05) is 19.9 Å². The molecule has 0 aliphatic carbocycles. The molecule has 0 saturated carbocycles. The molecule has 178 valence electrons. The first-order chi connectivity index (χ1) is 15.6. The molecule has 3 rings (SSSR count). The van der Waals surface area contributed by atoms with Crippen LogP contribution in [0.4, 0.5) is 5.69 Å². The van der Waals surface area contributed by atoms with Crippen molar-refractivity contribution in [2.45, 2.75) is 36.9 Å². The molecule has 1 aromatic heterocycles. The molecule has 1 aromatic carbocycles. The third-order valence-corrected chi connectivity index (χ3v) is 7.42. The third-order valence-electron chi connectivity index (χ3n) is 4.69. The minimum absolute atomic E-state index is 0.0331. The Morgan fingerprint density at radius 1 is 1.15 bits per heavy atom. The van der Waals surface area contributed by atoms with E-state index in [9.17, 15) is 18.0 Å². The van der Waals surface area contributed by atoms with Gasteiger partial charge in [-0.05, 0) is 51.1 Å². The van der Waals surface area contributed by atoms with Gasteiger partial charge in [0.05, 0.1) is 23.9 Å². The van der Waals surface area contributed by atoms with Gasteiger partial charge in [0.2, 0.25) is 10.0 Å². The summed E-state index contributed by atoms with van der Waals surface area (Å²) in [6, 6.07) is 7.68. The van der Waals surface area contributed by atoms with E-state index in [1.54, 1.807) is 0 Å². The second kappa shape index (κ2) is 11.1. The Hall–Kier alpha value is -2.54. The highest BCUT2D eigenvalue weighted by Gasteiger charge is 2.26. The normalized spacial score (nSPS) is 15.6. The predicted molar refractivity (Wildman–Crippen MR) is 122 cm³/mol. The van der Waals surface area contributed by atoms with Crippen molar-refractivity contribution in [1.82, 2.24) is 14.3 Å². The fraction of sp³-hybridized carbons (Fsp3) is 0.429. The standard InChI is InChI=1S/C21H26N4O6S2/c1-14-12-15(2)23-21(22-14)32-13-19(26)31-16(3)20(27)24-17-4-6-18(7-5-17)33(28,29)25-8-10-30-11-9-25/h4-7,12,16H,8-11,13H2,1-3H3,(H,24,27). The van der Waals surface area contributed by atoms with Crippen molar-refractivity contribution in [3.8, 4) is 0 Å². The lowest BCUT2D eigenvalue weighted by Gasteiger charge is -2.26. The lowest BCUT2D eigenvalue weighted by molar-refractivity contribution is -0.150. The van der Waals surface area contributed by atoms with Crippen LogP contribution in [0, 0.1) is 13.8 Å². The van der Waals surface area contributed by atoms with E-state index >= 15 is 0 Å². The lowest BCUT2D eigenvalue weighted by Crippen LogP contribution is -2.40. The van der Waals surface area contributed by atoms with Crippen LogP contribution in [0.25, 0.3) is 0 Å². The van der Waals surface area contributed by atoms with Gasteiger partial charge in [-0.2, -0.15) is 4.31 Å². The largest absolute Gasteiger partial charge is 0.452 e. The van der Waals surface area contributed by atoms with Crippen LogP contribution < -0.4 is 5.32 Å². The van der Waals surface area contributed by atoms with Gasteiger partial charge in [-0.1, -0.05) is 11.8 Å². The Labute approximate surface area is 197 Å². The average Bonchev–Trinajstić information content (AvgIpc) is 2.78. The van der Waals surface area contributed by atoms with Crippen molar-refractivity contribution < 1.29 is 27.5 Å². The topological polar surface area (TPSA) is 128 Å². The maximum atomic E-state index is 12.7. The van der Waals surface area contributed by atoms with E-state index in [1.165, 1.54) is 35.5 Å². The maximum absolute atomic E-state index is 12.7. The van der Waals surface area contributed by atoms with E-state index < -0.39 is 28.0 Å². The van der Waals surface area contributed by atoms with E-state index in [-0.39, 0.29) is 10.6 Å². The monoisotopic (exact) mass is 494 g/mol. The summed E-state index contributed by atoms with van der Waals surface area (Å²) in [6.45, 7) is 6.47. The van der Waals surface area contributed by atoms with Crippen molar-refractivity contribution in [3.05, 3.63) is 41.7 Å². The minimum atomic E-state index is -3.62. The highest BCUT2D eigenvalue weighted by Crippen LogP contribution is 2.20. The highest BCUT2D eigenvalue weighted by atomic mass is 32.2. The number of aromatic nitrogens is 2. The average molecular weight is 495 g/mol. The van der Waals surface area contributed by atoms with Crippen LogP contribution in [0.3, 0.4) is 0 Å². The summed E-state index contributed by atoms with van der Waals surface area (Å²) >= 11 is 1.13. The number of benzene rings is 1. The third kappa shape index (κ3) is 6.97. The Morgan fingerprint density at radius 2 is 1.76 bits per heavy atom. The van der Waals surface area contributed by atoms with Gasteiger partial charge in [-0.25, -0.2) is 18.4 Å². The zero-order chi connectivity index (χ0) is 24.0. The molecule has 1 saturated heterocycles. The number of carbonyl (C=O) groups is 2. The lowest BCUT2D eigenvalue weighted by atomic mass is 10.3. The molecule has 2 heterocycles. The van der Waals surface area contributed by atoms with Crippen molar-refractivity contribution in [2.24, 2.45) is 0 Å². The van der Waals surface area contributed by atoms with Crippen LogP contribution >= 0.6 is 11.8 Å². The van der Waals surface area contributed by atoms with Crippen LogP contribution in [-0.2, 0) is 29.1 Å². The number of morpholine rings is 1. The predicted octanol–water partition coefficient (Wildman–Crippen LogP) is 1.78. The fourth-order valence-corrected chi connectivity index (χ4v) is 5.20. The Balaban J connectivity index is 1.51. The number of ether oxygens (including phenoxy) is 2. The van der Waals surface area contributed by atoms with Gasteiger partial charge < -0.3 is 14.8 Å². The number of nitrogens with zero attached hydrogens (tertiary/aromatic N) is 3. The summed E-state index contributed by atoms with van der Waals surface area (Å²) in [5.74, 6) is -1.13. The smallest absolute Gasteiger partial charge is 0.317 e. The van der Waals surface area contributed by atoms with Crippen molar-refractivity contribution >= 4 is 39.3 Å². The molecule has 1 aliphatic heterocycles. The quantitative estimate of drug-likeness (QED) is 0.332. The molecule has 0 spiro atoms. The molecule has 33 heavy (non-hydrogen) atoms. The number of sulfonamides is 1. The van der Waals surface area contributed by atoms with Gasteiger partial charge in [0.25, 0.3) is 5.91 Å². The number of thioether (sulfide) groups is 1. The molecule has 10 nitrogen and oxygen atoms in total. The highest BCUT2D eigenvalue weighted by molar-refractivity contribution is 7.99. The molecule has 1 atom stereocenters. The van der Waals surface area contributed by atoms with Crippen LogP contribution in [0.2, 0.25) is 0 Å². The molecule has 2 aromatic rings. The number of hydrogen-bond donors (Lipinski definition) is 1. The van der Waals surface area contributed by atoms with Crippen LogP contribution in [-0.4, -0.2) is 72.7 Å². The fourth-order valence-electron chi connectivity index (χ4n) is 3.06. The molecule has 1 fully saturated rings. The van der Waals surface area contributed by atoms with Gasteiger partial charge in [0.15, 0.2) is 11.3 Å². The number of carbonyl (C=O) groups excluding carboxylic acids is 2. The summed E-state index contributed by atoms with van der Waals surface area (Å²) < 4.78 is 37.1. The number of amides is 1. The molecule has 1 aliphatic rings. The first-order valence-electron chi connectivity index (χ1n) is 10.3.